The fourth-order valence-corrected chi connectivity index (χ4v) is 3.52. The molecule has 1 heterocycles. The predicted octanol–water partition coefficient (Wildman–Crippen LogP) is 1.99. The molecule has 100 valence electrons. The molecule has 0 aliphatic heterocycles. The van der Waals surface area contributed by atoms with Gasteiger partial charge in [-0.1, -0.05) is 13.8 Å². The average molecular weight is 290 g/mol. The van der Waals surface area contributed by atoms with E-state index in [4.69, 9.17) is 11.6 Å². The first-order valence-corrected chi connectivity index (χ1v) is 7.64. The molecule has 0 saturated heterocycles. The number of nitrogens with zero attached hydrogens (tertiary/aromatic N) is 2. The van der Waals surface area contributed by atoms with Crippen molar-refractivity contribution < 1.29 is 8.42 Å². The Morgan fingerprint density at radius 2 is 2.00 bits per heavy atom. The second-order valence-electron chi connectivity index (χ2n) is 5.41. The molecule has 0 amide bonds. The molecule has 0 radical (unpaired) electrons. The molecule has 1 atom stereocenters. The van der Waals surface area contributed by atoms with E-state index in [2.05, 4.69) is 28.5 Å². The topological polar surface area (TPSA) is 72.0 Å². The smallest absolute Gasteiger partial charge is 0.225 e. The molecule has 0 bridgehead atoms. The molecule has 1 aromatic heterocycles. The van der Waals surface area contributed by atoms with Crippen molar-refractivity contribution in [3.63, 3.8) is 0 Å². The SMILES string of the molecule is CC1(C)CCC(NS(=O)(=O)c2cnc(Cl)nc2)C1. The second-order valence-corrected chi connectivity index (χ2v) is 7.47. The Morgan fingerprint density at radius 3 is 2.50 bits per heavy atom. The third kappa shape index (κ3) is 3.18. The van der Waals surface area contributed by atoms with Crippen LogP contribution in [0.5, 0.6) is 0 Å². The molecule has 1 fully saturated rings. The molecule has 0 spiro atoms. The Hall–Kier alpha value is -0.720. The first-order valence-electron chi connectivity index (χ1n) is 5.78. The fraction of sp³-hybridized carbons (Fsp3) is 0.636. The van der Waals surface area contributed by atoms with E-state index in [1.54, 1.807) is 0 Å². The maximum absolute atomic E-state index is 12.1. The fourth-order valence-electron chi connectivity index (χ4n) is 2.26. The summed E-state index contributed by atoms with van der Waals surface area (Å²) in [6.07, 6.45) is 5.17. The predicted molar refractivity (Wildman–Crippen MR) is 68.8 cm³/mol. The molecule has 7 heteroatoms. The van der Waals surface area contributed by atoms with Gasteiger partial charge in [-0.3, -0.25) is 0 Å². The summed E-state index contributed by atoms with van der Waals surface area (Å²) in [5.41, 5.74) is 0.198. The molecule has 5 nitrogen and oxygen atoms in total. The van der Waals surface area contributed by atoms with Crippen molar-refractivity contribution >= 4 is 21.6 Å². The van der Waals surface area contributed by atoms with Crippen molar-refractivity contribution in [2.45, 2.75) is 44.0 Å². The second kappa shape index (κ2) is 4.75. The highest BCUT2D eigenvalue weighted by Crippen LogP contribution is 2.37. The van der Waals surface area contributed by atoms with Crippen LogP contribution < -0.4 is 4.72 Å². The number of sulfonamides is 1. The lowest BCUT2D eigenvalue weighted by Gasteiger charge is -2.17. The molecular weight excluding hydrogens is 274 g/mol. The number of halogens is 1. The lowest BCUT2D eigenvalue weighted by Crippen LogP contribution is -2.33. The van der Waals surface area contributed by atoms with Crippen LogP contribution in [-0.2, 0) is 10.0 Å². The lowest BCUT2D eigenvalue weighted by atomic mass is 9.92. The molecule has 1 N–H and O–H groups in total. The maximum Gasteiger partial charge on any atom is 0.243 e. The van der Waals surface area contributed by atoms with Crippen LogP contribution in [0.2, 0.25) is 5.28 Å². The molecule has 1 unspecified atom stereocenters. The van der Waals surface area contributed by atoms with E-state index in [0.717, 1.165) is 19.3 Å². The number of hydrogen-bond donors (Lipinski definition) is 1. The number of nitrogens with one attached hydrogen (secondary N) is 1. The average Bonchev–Trinajstić information content (AvgIpc) is 2.57. The third-order valence-corrected chi connectivity index (χ3v) is 4.87. The zero-order valence-corrected chi connectivity index (χ0v) is 11.9. The van der Waals surface area contributed by atoms with Crippen LogP contribution in [0, 0.1) is 5.41 Å². The molecule has 1 aliphatic carbocycles. The van der Waals surface area contributed by atoms with Crippen LogP contribution in [0.25, 0.3) is 0 Å². The summed E-state index contributed by atoms with van der Waals surface area (Å²) in [5.74, 6) is 0. The maximum atomic E-state index is 12.1. The Balaban J connectivity index is 2.11. The summed E-state index contributed by atoms with van der Waals surface area (Å²) in [5, 5.41) is 0.0379. The summed E-state index contributed by atoms with van der Waals surface area (Å²) >= 11 is 5.53. The van der Waals surface area contributed by atoms with Gasteiger partial charge in [0.15, 0.2) is 0 Å². The van der Waals surface area contributed by atoms with Crippen LogP contribution in [0.3, 0.4) is 0 Å². The number of rotatable bonds is 3. The van der Waals surface area contributed by atoms with Crippen LogP contribution in [0.1, 0.15) is 33.1 Å². The Labute approximate surface area is 112 Å². The van der Waals surface area contributed by atoms with E-state index in [9.17, 15) is 8.42 Å². The summed E-state index contributed by atoms with van der Waals surface area (Å²) in [6.45, 7) is 4.29. The Bertz CT molecular complexity index is 528. The van der Waals surface area contributed by atoms with Gasteiger partial charge in [-0.2, -0.15) is 0 Å². The van der Waals surface area contributed by atoms with Gasteiger partial charge in [0.05, 0.1) is 12.4 Å². The monoisotopic (exact) mass is 289 g/mol. The molecule has 0 aromatic carbocycles. The summed E-state index contributed by atoms with van der Waals surface area (Å²) in [4.78, 5) is 7.42. The van der Waals surface area contributed by atoms with E-state index in [0.29, 0.717) is 0 Å². The van der Waals surface area contributed by atoms with Gasteiger partial charge in [0, 0.05) is 6.04 Å². The first kappa shape index (κ1) is 13.7. The highest BCUT2D eigenvalue weighted by Gasteiger charge is 2.33. The van der Waals surface area contributed by atoms with E-state index in [1.807, 2.05) is 0 Å². The van der Waals surface area contributed by atoms with E-state index >= 15 is 0 Å². The first-order chi connectivity index (χ1) is 8.28. The molecule has 1 aromatic rings. The van der Waals surface area contributed by atoms with Crippen molar-refractivity contribution in [3.05, 3.63) is 17.7 Å². The van der Waals surface area contributed by atoms with Crippen LogP contribution in [0.4, 0.5) is 0 Å². The largest absolute Gasteiger partial charge is 0.243 e. The van der Waals surface area contributed by atoms with Crippen molar-refractivity contribution in [2.24, 2.45) is 5.41 Å². The summed E-state index contributed by atoms with van der Waals surface area (Å²) < 4.78 is 26.8. The van der Waals surface area contributed by atoms with Gasteiger partial charge in [-0.05, 0) is 36.3 Å². The zero-order valence-electron chi connectivity index (χ0n) is 10.4. The molecule has 2 rings (SSSR count). The normalized spacial score (nSPS) is 23.2. The summed E-state index contributed by atoms with van der Waals surface area (Å²) in [7, 11) is -3.54. The highest BCUT2D eigenvalue weighted by molar-refractivity contribution is 7.89. The van der Waals surface area contributed by atoms with Crippen molar-refractivity contribution in [2.75, 3.05) is 0 Å². The number of aromatic nitrogens is 2. The van der Waals surface area contributed by atoms with Gasteiger partial charge in [0.25, 0.3) is 0 Å². The third-order valence-electron chi connectivity index (χ3n) is 3.20. The standard InChI is InChI=1S/C11H16ClN3O2S/c1-11(2)4-3-8(5-11)15-18(16,17)9-6-13-10(12)14-7-9/h6-8,15H,3-5H2,1-2H3. The zero-order chi connectivity index (χ0) is 13.4. The quantitative estimate of drug-likeness (QED) is 0.864. The van der Waals surface area contributed by atoms with Crippen molar-refractivity contribution in [3.8, 4) is 0 Å². The van der Waals surface area contributed by atoms with E-state index in [-0.39, 0.29) is 21.6 Å². The minimum atomic E-state index is -3.54. The lowest BCUT2D eigenvalue weighted by molar-refractivity contribution is 0.372. The Morgan fingerprint density at radius 1 is 1.39 bits per heavy atom. The summed E-state index contributed by atoms with van der Waals surface area (Å²) in [6, 6.07) is -0.0133. The Kier molecular flexibility index (Phi) is 3.62. The van der Waals surface area contributed by atoms with Gasteiger partial charge in [0.1, 0.15) is 4.90 Å². The van der Waals surface area contributed by atoms with Crippen LogP contribution in [-0.4, -0.2) is 24.4 Å². The van der Waals surface area contributed by atoms with Crippen molar-refractivity contribution in [1.82, 2.24) is 14.7 Å². The molecule has 1 saturated carbocycles. The minimum Gasteiger partial charge on any atom is -0.225 e. The van der Waals surface area contributed by atoms with Gasteiger partial charge >= 0.3 is 0 Å². The number of hydrogen-bond acceptors (Lipinski definition) is 4. The van der Waals surface area contributed by atoms with Crippen LogP contribution in [0.15, 0.2) is 17.3 Å². The van der Waals surface area contributed by atoms with E-state index < -0.39 is 10.0 Å². The van der Waals surface area contributed by atoms with Gasteiger partial charge < -0.3 is 0 Å². The highest BCUT2D eigenvalue weighted by atomic mass is 35.5. The van der Waals surface area contributed by atoms with Gasteiger partial charge in [0.2, 0.25) is 15.3 Å². The van der Waals surface area contributed by atoms with E-state index in [1.165, 1.54) is 12.4 Å². The molecule has 18 heavy (non-hydrogen) atoms. The van der Waals surface area contributed by atoms with Crippen molar-refractivity contribution in [1.29, 1.82) is 0 Å². The van der Waals surface area contributed by atoms with Gasteiger partial charge in [-0.15, -0.1) is 0 Å². The minimum absolute atomic E-state index is 0.0133. The van der Waals surface area contributed by atoms with Gasteiger partial charge in [-0.25, -0.2) is 23.1 Å². The molecular formula is C11H16ClN3O2S. The molecule has 1 aliphatic rings. The van der Waals surface area contributed by atoms with Crippen LogP contribution >= 0.6 is 11.6 Å².